The second kappa shape index (κ2) is 9.94. The average Bonchev–Trinajstić information content (AvgIpc) is 3.91. The van der Waals surface area contributed by atoms with E-state index in [1.54, 1.807) is 0 Å². The molecular formula is C49H29NS. The van der Waals surface area contributed by atoms with Gasteiger partial charge in [0.25, 0.3) is 0 Å². The van der Waals surface area contributed by atoms with Crippen LogP contribution in [0.25, 0.3) is 81.0 Å². The highest BCUT2D eigenvalue weighted by Crippen LogP contribution is 2.64. The minimum atomic E-state index is -0.382. The zero-order valence-electron chi connectivity index (χ0n) is 27.6. The van der Waals surface area contributed by atoms with Crippen molar-refractivity contribution in [3.63, 3.8) is 0 Å². The predicted molar refractivity (Wildman–Crippen MR) is 215 cm³/mol. The maximum absolute atomic E-state index is 2.52. The molecule has 0 amide bonds. The van der Waals surface area contributed by atoms with E-state index in [0.717, 1.165) is 0 Å². The summed E-state index contributed by atoms with van der Waals surface area (Å²) in [6.07, 6.45) is 0. The van der Waals surface area contributed by atoms with Crippen molar-refractivity contribution in [2.75, 3.05) is 0 Å². The van der Waals surface area contributed by atoms with E-state index >= 15 is 0 Å². The second-order valence-electron chi connectivity index (χ2n) is 14.0. The summed E-state index contributed by atoms with van der Waals surface area (Å²) in [5.74, 6) is 0. The first-order chi connectivity index (χ1) is 25.3. The lowest BCUT2D eigenvalue weighted by Crippen LogP contribution is -2.25. The van der Waals surface area contributed by atoms with Gasteiger partial charge in [-0.1, -0.05) is 146 Å². The third kappa shape index (κ3) is 3.41. The lowest BCUT2D eigenvalue weighted by Gasteiger charge is -2.30. The number of benzene rings is 8. The van der Waals surface area contributed by atoms with Gasteiger partial charge in [0.05, 0.1) is 16.4 Å². The molecule has 0 radical (unpaired) electrons. The molecule has 2 heterocycles. The highest BCUT2D eigenvalue weighted by atomic mass is 32.1. The molecule has 0 N–H and O–H groups in total. The number of fused-ring (bicyclic) bond motifs is 17. The maximum atomic E-state index is 2.52. The Labute approximate surface area is 299 Å². The van der Waals surface area contributed by atoms with Gasteiger partial charge < -0.3 is 4.57 Å². The average molecular weight is 664 g/mol. The molecule has 0 fully saturated rings. The molecule has 0 bridgehead atoms. The van der Waals surface area contributed by atoms with E-state index in [-0.39, 0.29) is 5.41 Å². The van der Waals surface area contributed by atoms with Gasteiger partial charge >= 0.3 is 0 Å². The minimum Gasteiger partial charge on any atom is -0.309 e. The van der Waals surface area contributed by atoms with E-state index in [1.807, 2.05) is 11.3 Å². The van der Waals surface area contributed by atoms with Crippen LogP contribution in [0.3, 0.4) is 0 Å². The predicted octanol–water partition coefficient (Wildman–Crippen LogP) is 13.2. The van der Waals surface area contributed by atoms with Crippen LogP contribution in [-0.2, 0) is 5.41 Å². The molecule has 10 aromatic rings. The topological polar surface area (TPSA) is 4.93 Å². The smallest absolute Gasteiger partial charge is 0.0726 e. The molecule has 51 heavy (non-hydrogen) atoms. The Balaban J connectivity index is 1.22. The van der Waals surface area contributed by atoms with Crippen molar-refractivity contribution in [1.29, 1.82) is 0 Å². The fourth-order valence-corrected chi connectivity index (χ4v) is 10.9. The molecule has 0 unspecified atom stereocenters. The number of para-hydroxylation sites is 1. The normalized spacial score (nSPS) is 13.6. The van der Waals surface area contributed by atoms with Crippen molar-refractivity contribution >= 4 is 53.3 Å². The van der Waals surface area contributed by atoms with E-state index in [1.165, 1.54) is 103 Å². The van der Waals surface area contributed by atoms with Crippen LogP contribution in [0.5, 0.6) is 0 Å². The molecule has 2 aromatic heterocycles. The Morgan fingerprint density at radius 1 is 0.412 bits per heavy atom. The lowest BCUT2D eigenvalue weighted by atomic mass is 9.70. The van der Waals surface area contributed by atoms with E-state index < -0.39 is 0 Å². The fraction of sp³-hybridized carbons (Fsp3) is 0.0204. The highest BCUT2D eigenvalue weighted by molar-refractivity contribution is 7.26. The summed E-state index contributed by atoms with van der Waals surface area (Å²) in [5, 5.41) is 5.22. The van der Waals surface area contributed by atoms with Gasteiger partial charge in [0, 0.05) is 42.2 Å². The quantitative estimate of drug-likeness (QED) is 0.173. The lowest BCUT2D eigenvalue weighted by molar-refractivity contribution is 0.794. The number of thiophene rings is 1. The van der Waals surface area contributed by atoms with Crippen LogP contribution in [0, 0.1) is 0 Å². The van der Waals surface area contributed by atoms with Crippen LogP contribution in [-0.4, -0.2) is 4.57 Å². The molecule has 236 valence electrons. The van der Waals surface area contributed by atoms with Gasteiger partial charge in [0.1, 0.15) is 0 Å². The van der Waals surface area contributed by atoms with E-state index in [2.05, 4.69) is 180 Å². The summed E-state index contributed by atoms with van der Waals surface area (Å²) in [5.41, 5.74) is 16.6. The van der Waals surface area contributed by atoms with Crippen molar-refractivity contribution in [3.05, 3.63) is 198 Å². The largest absolute Gasteiger partial charge is 0.309 e. The molecule has 1 spiro atoms. The molecule has 0 saturated heterocycles. The number of hydrogen-bond acceptors (Lipinski definition) is 1. The molecule has 0 saturated carbocycles. The first-order valence-corrected chi connectivity index (χ1v) is 18.5. The summed E-state index contributed by atoms with van der Waals surface area (Å²) in [6.45, 7) is 0. The second-order valence-corrected chi connectivity index (χ2v) is 15.0. The fourth-order valence-electron chi connectivity index (χ4n) is 9.67. The van der Waals surface area contributed by atoms with E-state index in [4.69, 9.17) is 0 Å². The molecule has 0 aliphatic heterocycles. The number of rotatable bonds is 2. The van der Waals surface area contributed by atoms with Crippen molar-refractivity contribution in [3.8, 4) is 39.1 Å². The van der Waals surface area contributed by atoms with Gasteiger partial charge in [0.2, 0.25) is 0 Å². The zero-order valence-corrected chi connectivity index (χ0v) is 28.4. The Hall–Kier alpha value is -6.22. The molecule has 12 rings (SSSR count). The third-order valence-electron chi connectivity index (χ3n) is 11.6. The SMILES string of the molecule is c1ccc(-n2c3ccc(-c4cccc5c4sc4ccccc45)cc3c3ccc4c(c32)-c2ccccc2C42c3ccccc3-c3ccccc32)cc1. The van der Waals surface area contributed by atoms with E-state index in [9.17, 15) is 0 Å². The van der Waals surface area contributed by atoms with Crippen molar-refractivity contribution in [2.45, 2.75) is 5.41 Å². The molecule has 1 nitrogen and oxygen atoms in total. The molecule has 8 aromatic carbocycles. The van der Waals surface area contributed by atoms with Gasteiger partial charge in [-0.2, -0.15) is 0 Å². The van der Waals surface area contributed by atoms with Crippen LogP contribution in [0.4, 0.5) is 0 Å². The van der Waals surface area contributed by atoms with Crippen LogP contribution in [0.15, 0.2) is 176 Å². The van der Waals surface area contributed by atoms with Crippen LogP contribution >= 0.6 is 11.3 Å². The van der Waals surface area contributed by atoms with Gasteiger partial charge in [-0.15, -0.1) is 11.3 Å². The first kappa shape index (κ1) is 27.6. The zero-order chi connectivity index (χ0) is 33.3. The molecule has 2 heteroatoms. The van der Waals surface area contributed by atoms with Gasteiger partial charge in [0.15, 0.2) is 0 Å². The molecule has 2 aliphatic carbocycles. The Morgan fingerprint density at radius 3 is 1.82 bits per heavy atom. The van der Waals surface area contributed by atoms with Gasteiger partial charge in [-0.05, 0) is 80.4 Å². The summed E-state index contributed by atoms with van der Waals surface area (Å²) in [6, 6.07) is 65.8. The molecular weight excluding hydrogens is 635 g/mol. The summed E-state index contributed by atoms with van der Waals surface area (Å²) >= 11 is 1.90. The summed E-state index contributed by atoms with van der Waals surface area (Å²) < 4.78 is 5.20. The highest BCUT2D eigenvalue weighted by Gasteiger charge is 2.52. The summed E-state index contributed by atoms with van der Waals surface area (Å²) in [7, 11) is 0. The van der Waals surface area contributed by atoms with Crippen LogP contribution in [0.1, 0.15) is 22.3 Å². The standard InChI is InChI=1S/C49H29NS/c1-2-13-31(14-3-1)50-44-28-25-30(32-19-12-20-37-35-17-7-11-24-45(35)51-48(32)37)29-39(44)36-26-27-43-46(47(36)50)38-18-6-10-23-42(38)49(43)40-21-8-4-15-33(40)34-16-5-9-22-41(34)49/h1-29H. The van der Waals surface area contributed by atoms with Crippen molar-refractivity contribution in [2.24, 2.45) is 0 Å². The molecule has 0 atom stereocenters. The van der Waals surface area contributed by atoms with Crippen molar-refractivity contribution < 1.29 is 0 Å². The number of aromatic nitrogens is 1. The number of nitrogens with zero attached hydrogens (tertiary/aromatic N) is 1. The Morgan fingerprint density at radius 2 is 1.04 bits per heavy atom. The van der Waals surface area contributed by atoms with E-state index in [0.29, 0.717) is 0 Å². The Bertz CT molecular complexity index is 3040. The monoisotopic (exact) mass is 663 g/mol. The Kier molecular flexibility index (Phi) is 5.38. The maximum Gasteiger partial charge on any atom is 0.0726 e. The van der Waals surface area contributed by atoms with Crippen LogP contribution < -0.4 is 0 Å². The third-order valence-corrected chi connectivity index (χ3v) is 12.8. The van der Waals surface area contributed by atoms with Crippen molar-refractivity contribution in [1.82, 2.24) is 4.57 Å². The van der Waals surface area contributed by atoms with Gasteiger partial charge in [-0.25, -0.2) is 0 Å². The van der Waals surface area contributed by atoms with Crippen LogP contribution in [0.2, 0.25) is 0 Å². The van der Waals surface area contributed by atoms with Gasteiger partial charge in [-0.3, -0.25) is 0 Å². The summed E-state index contributed by atoms with van der Waals surface area (Å²) in [4.78, 5) is 0. The molecule has 2 aliphatic rings. The minimum absolute atomic E-state index is 0.382. The number of hydrogen-bond donors (Lipinski definition) is 0. The first-order valence-electron chi connectivity index (χ1n) is 17.7.